The van der Waals surface area contributed by atoms with Crippen molar-refractivity contribution in [2.45, 2.75) is 25.4 Å². The molecule has 0 aliphatic carbocycles. The zero-order valence-electron chi connectivity index (χ0n) is 16.8. The normalized spacial score (nSPS) is 18.3. The Balaban J connectivity index is 1.30. The maximum absolute atomic E-state index is 12.5. The Bertz CT molecular complexity index is 1070. The highest BCUT2D eigenvalue weighted by atomic mass is 32.1. The Hall–Kier alpha value is -2.91. The zero-order chi connectivity index (χ0) is 21.0. The van der Waals surface area contributed by atoms with Gasteiger partial charge in [-0.05, 0) is 42.8 Å². The van der Waals surface area contributed by atoms with E-state index < -0.39 is 6.10 Å². The Morgan fingerprint density at radius 2 is 2.00 bits per heavy atom. The van der Waals surface area contributed by atoms with Gasteiger partial charge in [0, 0.05) is 13.1 Å². The molecule has 3 aromatic rings. The molecule has 0 saturated carbocycles. The van der Waals surface area contributed by atoms with E-state index in [1.165, 1.54) is 19.3 Å². The number of hydrazone groups is 1. The number of anilines is 1. The topological polar surface area (TPSA) is 76.1 Å². The third kappa shape index (κ3) is 4.42. The number of thiophene rings is 1. The van der Waals surface area contributed by atoms with E-state index in [2.05, 4.69) is 21.5 Å². The van der Waals surface area contributed by atoms with Gasteiger partial charge in [0.05, 0.1) is 16.0 Å². The lowest BCUT2D eigenvalue weighted by Crippen LogP contribution is -2.42. The lowest BCUT2D eigenvalue weighted by Gasteiger charge is -2.25. The molecule has 5 rings (SSSR count). The standard InChI is InChI=1S/C22H22N4O3S2/c27-21(17-14-28-15-7-2-3-8-16(15)29-17)25-23-13-19-20(18-9-6-12-30-18)24-22(31-19)26-10-4-1-5-11-26/h2-3,6-9,12-13,17H,1,4-5,10-11,14H2,(H,25,27). The van der Waals surface area contributed by atoms with Crippen molar-refractivity contribution in [1.29, 1.82) is 0 Å². The molecule has 7 nitrogen and oxygen atoms in total. The first-order valence-electron chi connectivity index (χ1n) is 10.3. The molecule has 0 radical (unpaired) electrons. The van der Waals surface area contributed by atoms with Gasteiger partial charge in [-0.25, -0.2) is 10.4 Å². The van der Waals surface area contributed by atoms with Crippen LogP contribution in [0.15, 0.2) is 46.9 Å². The zero-order valence-corrected chi connectivity index (χ0v) is 18.5. The van der Waals surface area contributed by atoms with Gasteiger partial charge >= 0.3 is 0 Å². The van der Waals surface area contributed by atoms with Gasteiger partial charge in [0.25, 0.3) is 5.91 Å². The number of piperidine rings is 1. The molecule has 160 valence electrons. The number of carbonyl (C=O) groups excluding carboxylic acids is 1. The molecule has 9 heteroatoms. The molecule has 1 unspecified atom stereocenters. The van der Waals surface area contributed by atoms with Crippen molar-refractivity contribution >= 4 is 39.9 Å². The number of thiazole rings is 1. The predicted molar refractivity (Wildman–Crippen MR) is 124 cm³/mol. The molecule has 1 saturated heterocycles. The van der Waals surface area contributed by atoms with Gasteiger partial charge in [-0.2, -0.15) is 5.10 Å². The van der Waals surface area contributed by atoms with Crippen LogP contribution >= 0.6 is 22.7 Å². The molecular formula is C22H22N4O3S2. The Morgan fingerprint density at radius 3 is 2.81 bits per heavy atom. The predicted octanol–water partition coefficient (Wildman–Crippen LogP) is 4.15. The number of rotatable bonds is 5. The van der Waals surface area contributed by atoms with Gasteiger partial charge in [-0.15, -0.1) is 11.3 Å². The largest absolute Gasteiger partial charge is 0.485 e. The highest BCUT2D eigenvalue weighted by Crippen LogP contribution is 2.35. The molecule has 0 spiro atoms. The van der Waals surface area contributed by atoms with Crippen molar-refractivity contribution in [3.63, 3.8) is 0 Å². The number of ether oxygens (including phenoxy) is 2. The molecule has 2 aliphatic heterocycles. The molecule has 1 amide bonds. The van der Waals surface area contributed by atoms with Gasteiger partial charge in [0.1, 0.15) is 12.3 Å². The summed E-state index contributed by atoms with van der Waals surface area (Å²) in [5, 5.41) is 7.25. The van der Waals surface area contributed by atoms with Crippen molar-refractivity contribution in [1.82, 2.24) is 10.4 Å². The first-order valence-corrected chi connectivity index (χ1v) is 12.0. The van der Waals surface area contributed by atoms with E-state index in [4.69, 9.17) is 14.5 Å². The highest BCUT2D eigenvalue weighted by molar-refractivity contribution is 7.18. The van der Waals surface area contributed by atoms with Crippen LogP contribution in [0.25, 0.3) is 10.6 Å². The van der Waals surface area contributed by atoms with E-state index in [9.17, 15) is 4.79 Å². The Morgan fingerprint density at radius 1 is 1.16 bits per heavy atom. The van der Waals surface area contributed by atoms with Gasteiger partial charge < -0.3 is 14.4 Å². The minimum absolute atomic E-state index is 0.151. The molecule has 0 bridgehead atoms. The van der Waals surface area contributed by atoms with Crippen LogP contribution in [-0.4, -0.2) is 42.9 Å². The summed E-state index contributed by atoms with van der Waals surface area (Å²) < 4.78 is 11.3. The van der Waals surface area contributed by atoms with Crippen LogP contribution in [0.3, 0.4) is 0 Å². The molecule has 4 heterocycles. The maximum atomic E-state index is 12.5. The third-order valence-corrected chi connectivity index (χ3v) is 7.11. The number of nitrogens with zero attached hydrogens (tertiary/aromatic N) is 3. The van der Waals surface area contributed by atoms with Gasteiger partial charge in [-0.3, -0.25) is 4.79 Å². The molecule has 1 N–H and O–H groups in total. The first-order chi connectivity index (χ1) is 15.3. The van der Waals surface area contributed by atoms with E-state index in [-0.39, 0.29) is 12.5 Å². The summed E-state index contributed by atoms with van der Waals surface area (Å²) in [4.78, 5) is 21.8. The number of carbonyl (C=O) groups is 1. The third-order valence-electron chi connectivity index (χ3n) is 5.18. The molecule has 2 aliphatic rings. The lowest BCUT2D eigenvalue weighted by molar-refractivity contribution is -0.130. The molecule has 1 fully saturated rings. The summed E-state index contributed by atoms with van der Waals surface area (Å²) in [5.41, 5.74) is 3.49. The number of amides is 1. The van der Waals surface area contributed by atoms with Crippen LogP contribution in [0.5, 0.6) is 11.5 Å². The van der Waals surface area contributed by atoms with Crippen molar-refractivity contribution in [2.24, 2.45) is 5.10 Å². The SMILES string of the molecule is O=C(NN=Cc1sc(N2CCCCC2)nc1-c1cccs1)C1COc2ccccc2O1. The number of aromatic nitrogens is 1. The number of benzene rings is 1. The summed E-state index contributed by atoms with van der Waals surface area (Å²) in [6.07, 6.45) is 4.60. The quantitative estimate of drug-likeness (QED) is 0.463. The van der Waals surface area contributed by atoms with Crippen LogP contribution in [0, 0.1) is 0 Å². The Kier molecular flexibility index (Phi) is 5.86. The number of fused-ring (bicyclic) bond motifs is 1. The van der Waals surface area contributed by atoms with Crippen molar-refractivity contribution in [2.75, 3.05) is 24.6 Å². The Labute approximate surface area is 188 Å². The van der Waals surface area contributed by atoms with Crippen LogP contribution in [0.1, 0.15) is 24.1 Å². The second-order valence-electron chi connectivity index (χ2n) is 7.33. The van der Waals surface area contributed by atoms with Crippen LogP contribution < -0.4 is 19.8 Å². The summed E-state index contributed by atoms with van der Waals surface area (Å²) in [6, 6.07) is 11.4. The molecule has 1 atom stereocenters. The average molecular weight is 455 g/mol. The van der Waals surface area contributed by atoms with Crippen molar-refractivity contribution < 1.29 is 14.3 Å². The van der Waals surface area contributed by atoms with Gasteiger partial charge in [-0.1, -0.05) is 29.5 Å². The molecular weight excluding hydrogens is 432 g/mol. The van der Waals surface area contributed by atoms with Crippen LogP contribution in [0.4, 0.5) is 5.13 Å². The van der Waals surface area contributed by atoms with E-state index in [1.807, 2.05) is 29.6 Å². The molecule has 31 heavy (non-hydrogen) atoms. The fourth-order valence-corrected chi connectivity index (χ4v) is 5.39. The second-order valence-corrected chi connectivity index (χ2v) is 9.29. The molecule has 2 aromatic heterocycles. The number of hydrogen-bond acceptors (Lipinski definition) is 8. The van der Waals surface area contributed by atoms with E-state index in [0.717, 1.165) is 33.7 Å². The van der Waals surface area contributed by atoms with Gasteiger partial charge in [0.2, 0.25) is 6.10 Å². The number of hydrogen-bond donors (Lipinski definition) is 1. The minimum Gasteiger partial charge on any atom is -0.485 e. The van der Waals surface area contributed by atoms with Crippen molar-refractivity contribution in [3.8, 4) is 22.1 Å². The van der Waals surface area contributed by atoms with Crippen LogP contribution in [0.2, 0.25) is 0 Å². The molecule has 1 aromatic carbocycles. The summed E-state index contributed by atoms with van der Waals surface area (Å²) >= 11 is 3.25. The maximum Gasteiger partial charge on any atom is 0.284 e. The summed E-state index contributed by atoms with van der Waals surface area (Å²) in [5.74, 6) is 0.862. The van der Waals surface area contributed by atoms with E-state index in [1.54, 1.807) is 35.0 Å². The number of para-hydroxylation sites is 2. The van der Waals surface area contributed by atoms with Crippen LogP contribution in [-0.2, 0) is 4.79 Å². The monoisotopic (exact) mass is 454 g/mol. The first kappa shape index (κ1) is 20.0. The fourth-order valence-electron chi connectivity index (χ4n) is 3.59. The lowest BCUT2D eigenvalue weighted by atomic mass is 10.1. The van der Waals surface area contributed by atoms with E-state index >= 15 is 0 Å². The fraction of sp³-hybridized carbons (Fsp3) is 0.318. The minimum atomic E-state index is -0.741. The highest BCUT2D eigenvalue weighted by Gasteiger charge is 2.27. The van der Waals surface area contributed by atoms with E-state index in [0.29, 0.717) is 11.5 Å². The number of nitrogens with one attached hydrogen (secondary N) is 1. The van der Waals surface area contributed by atoms with Gasteiger partial charge in [0.15, 0.2) is 16.6 Å². The smallest absolute Gasteiger partial charge is 0.284 e. The second kappa shape index (κ2) is 9.07. The average Bonchev–Trinajstić information content (AvgIpc) is 3.49. The summed E-state index contributed by atoms with van der Waals surface area (Å²) in [6.45, 7) is 2.22. The summed E-state index contributed by atoms with van der Waals surface area (Å²) in [7, 11) is 0. The van der Waals surface area contributed by atoms with Crippen molar-refractivity contribution in [3.05, 3.63) is 46.7 Å².